The lowest BCUT2D eigenvalue weighted by molar-refractivity contribution is 1.17. The van der Waals surface area contributed by atoms with Crippen LogP contribution in [-0.4, -0.2) is 0 Å². The summed E-state index contributed by atoms with van der Waals surface area (Å²) in [6.45, 7) is 2.18. The van der Waals surface area contributed by atoms with Gasteiger partial charge in [-0.1, -0.05) is 42.0 Å². The molecule has 1 aromatic carbocycles. The van der Waals surface area contributed by atoms with Gasteiger partial charge in [0.15, 0.2) is 0 Å². The molecule has 0 unspecified atom stereocenters. The third kappa shape index (κ3) is 0.860. The first-order chi connectivity index (χ1) is 4.88. The van der Waals surface area contributed by atoms with Crippen LogP contribution in [0.1, 0.15) is 18.4 Å². The smallest absolute Gasteiger partial charge is 0.0228 e. The van der Waals surface area contributed by atoms with Crippen molar-refractivity contribution in [2.75, 3.05) is 0 Å². The highest BCUT2D eigenvalue weighted by atomic mass is 14.2. The topological polar surface area (TPSA) is 0 Å². The summed E-state index contributed by atoms with van der Waals surface area (Å²) in [6, 6.07) is 10.6. The van der Waals surface area contributed by atoms with Gasteiger partial charge in [0, 0.05) is 5.92 Å². The van der Waals surface area contributed by atoms with Crippen molar-refractivity contribution in [2.24, 2.45) is 0 Å². The van der Waals surface area contributed by atoms with Gasteiger partial charge in [-0.25, -0.2) is 0 Å². The van der Waals surface area contributed by atoms with Crippen molar-refractivity contribution in [1.82, 2.24) is 0 Å². The fourth-order valence-corrected chi connectivity index (χ4v) is 1.23. The molecule has 1 aliphatic carbocycles. The SMILES string of the molecule is CC1=C[C@H]1c1ccccc1. The Kier molecular flexibility index (Phi) is 1.13. The van der Waals surface area contributed by atoms with Gasteiger partial charge in [0.05, 0.1) is 0 Å². The molecule has 0 radical (unpaired) electrons. The molecule has 10 heavy (non-hydrogen) atoms. The van der Waals surface area contributed by atoms with Gasteiger partial charge in [0.1, 0.15) is 0 Å². The van der Waals surface area contributed by atoms with Gasteiger partial charge < -0.3 is 0 Å². The van der Waals surface area contributed by atoms with Crippen LogP contribution in [0.5, 0.6) is 0 Å². The van der Waals surface area contributed by atoms with Crippen LogP contribution in [0.4, 0.5) is 0 Å². The van der Waals surface area contributed by atoms with E-state index in [1.165, 1.54) is 11.1 Å². The number of allylic oxidation sites excluding steroid dienone is 2. The predicted octanol–water partition coefficient (Wildman–Crippen LogP) is 2.73. The molecular formula is C10H10. The molecule has 0 heterocycles. The minimum atomic E-state index is 0.668. The minimum absolute atomic E-state index is 0.668. The van der Waals surface area contributed by atoms with Crippen molar-refractivity contribution >= 4 is 0 Å². The van der Waals surface area contributed by atoms with Crippen LogP contribution < -0.4 is 0 Å². The van der Waals surface area contributed by atoms with E-state index in [0.717, 1.165) is 0 Å². The molecule has 0 aliphatic heterocycles. The summed E-state index contributed by atoms with van der Waals surface area (Å²) in [6.07, 6.45) is 2.29. The number of benzene rings is 1. The molecule has 0 N–H and O–H groups in total. The van der Waals surface area contributed by atoms with E-state index < -0.39 is 0 Å². The maximum absolute atomic E-state index is 2.29. The van der Waals surface area contributed by atoms with Crippen molar-refractivity contribution in [3.63, 3.8) is 0 Å². The Bertz CT molecular complexity index is 257. The average molecular weight is 130 g/mol. The third-order valence-electron chi connectivity index (χ3n) is 1.97. The zero-order valence-electron chi connectivity index (χ0n) is 6.04. The van der Waals surface area contributed by atoms with Crippen molar-refractivity contribution in [3.8, 4) is 0 Å². The Morgan fingerprint density at radius 1 is 1.10 bits per heavy atom. The Morgan fingerprint density at radius 3 is 2.20 bits per heavy atom. The summed E-state index contributed by atoms with van der Waals surface area (Å²) in [5, 5.41) is 0. The van der Waals surface area contributed by atoms with E-state index >= 15 is 0 Å². The molecule has 0 bridgehead atoms. The molecule has 1 aromatic rings. The van der Waals surface area contributed by atoms with E-state index in [1.54, 1.807) is 0 Å². The number of hydrogen-bond acceptors (Lipinski definition) is 0. The van der Waals surface area contributed by atoms with Gasteiger partial charge in [0.2, 0.25) is 0 Å². The summed E-state index contributed by atoms with van der Waals surface area (Å²) < 4.78 is 0. The van der Waals surface area contributed by atoms with Crippen LogP contribution in [-0.2, 0) is 0 Å². The second-order valence-corrected chi connectivity index (χ2v) is 2.80. The van der Waals surface area contributed by atoms with Crippen LogP contribution >= 0.6 is 0 Å². The molecule has 0 heteroatoms. The van der Waals surface area contributed by atoms with E-state index in [0.29, 0.717) is 5.92 Å². The van der Waals surface area contributed by atoms with Crippen molar-refractivity contribution in [2.45, 2.75) is 12.8 Å². The zero-order chi connectivity index (χ0) is 6.97. The number of rotatable bonds is 1. The maximum Gasteiger partial charge on any atom is 0.0228 e. The van der Waals surface area contributed by atoms with Gasteiger partial charge >= 0.3 is 0 Å². The van der Waals surface area contributed by atoms with Crippen molar-refractivity contribution in [3.05, 3.63) is 47.5 Å². The Morgan fingerprint density at radius 2 is 1.70 bits per heavy atom. The standard InChI is InChI=1S/C10H10/c1-8-7-10(8)9-5-3-2-4-6-9/h2-7,10H,1H3/t10-/m1/s1. The van der Waals surface area contributed by atoms with E-state index in [1.807, 2.05) is 0 Å². The summed E-state index contributed by atoms with van der Waals surface area (Å²) >= 11 is 0. The highest BCUT2D eigenvalue weighted by Crippen LogP contribution is 2.37. The molecule has 0 nitrogen and oxygen atoms in total. The molecule has 2 rings (SSSR count). The number of hydrogen-bond donors (Lipinski definition) is 0. The summed E-state index contributed by atoms with van der Waals surface area (Å²) in [4.78, 5) is 0. The average Bonchev–Trinajstić information content (AvgIpc) is 2.69. The third-order valence-corrected chi connectivity index (χ3v) is 1.97. The van der Waals surface area contributed by atoms with Crippen molar-refractivity contribution < 1.29 is 0 Å². The molecule has 0 saturated carbocycles. The zero-order valence-corrected chi connectivity index (χ0v) is 6.04. The fraction of sp³-hybridized carbons (Fsp3) is 0.200. The maximum atomic E-state index is 2.29. The molecule has 0 fully saturated rings. The van der Waals surface area contributed by atoms with Gasteiger partial charge in [-0.05, 0) is 12.5 Å². The first-order valence-electron chi connectivity index (χ1n) is 3.61. The lowest BCUT2D eigenvalue weighted by Crippen LogP contribution is -1.78. The molecule has 0 spiro atoms. The van der Waals surface area contributed by atoms with Gasteiger partial charge in [-0.15, -0.1) is 0 Å². The fourth-order valence-electron chi connectivity index (χ4n) is 1.23. The highest BCUT2D eigenvalue weighted by molar-refractivity contribution is 5.44. The lowest BCUT2D eigenvalue weighted by atomic mass is 10.1. The van der Waals surface area contributed by atoms with Gasteiger partial charge in [-0.3, -0.25) is 0 Å². The molecule has 1 aliphatic rings. The summed E-state index contributed by atoms with van der Waals surface area (Å²) in [5.74, 6) is 0.668. The molecule has 0 amide bonds. The second kappa shape index (κ2) is 1.98. The Balaban J connectivity index is 2.22. The molecule has 50 valence electrons. The van der Waals surface area contributed by atoms with Crippen LogP contribution in [0, 0.1) is 0 Å². The summed E-state index contributed by atoms with van der Waals surface area (Å²) in [5.41, 5.74) is 2.94. The van der Waals surface area contributed by atoms with Gasteiger partial charge in [0.25, 0.3) is 0 Å². The molecule has 0 aromatic heterocycles. The Hall–Kier alpha value is -1.04. The summed E-state index contributed by atoms with van der Waals surface area (Å²) in [7, 11) is 0. The van der Waals surface area contributed by atoms with Crippen LogP contribution in [0.3, 0.4) is 0 Å². The molecule has 0 saturated heterocycles. The minimum Gasteiger partial charge on any atom is -0.0731 e. The van der Waals surface area contributed by atoms with Crippen LogP contribution in [0.15, 0.2) is 42.0 Å². The molecular weight excluding hydrogens is 120 g/mol. The van der Waals surface area contributed by atoms with E-state index in [9.17, 15) is 0 Å². The predicted molar refractivity (Wildman–Crippen MR) is 42.9 cm³/mol. The van der Waals surface area contributed by atoms with E-state index in [2.05, 4.69) is 43.3 Å². The van der Waals surface area contributed by atoms with E-state index in [-0.39, 0.29) is 0 Å². The second-order valence-electron chi connectivity index (χ2n) is 2.80. The quantitative estimate of drug-likeness (QED) is 0.513. The molecule has 1 atom stereocenters. The Labute approximate surface area is 61.2 Å². The highest BCUT2D eigenvalue weighted by Gasteiger charge is 2.20. The monoisotopic (exact) mass is 130 g/mol. The first-order valence-corrected chi connectivity index (χ1v) is 3.61. The van der Waals surface area contributed by atoms with Crippen molar-refractivity contribution in [1.29, 1.82) is 0 Å². The largest absolute Gasteiger partial charge is 0.0731 e. The first kappa shape index (κ1) is 5.72. The van der Waals surface area contributed by atoms with Gasteiger partial charge in [-0.2, -0.15) is 0 Å². The van der Waals surface area contributed by atoms with E-state index in [4.69, 9.17) is 0 Å². The normalized spacial score (nSPS) is 22.1. The van der Waals surface area contributed by atoms with Crippen LogP contribution in [0.25, 0.3) is 0 Å². The lowest BCUT2D eigenvalue weighted by Gasteiger charge is -1.95. The van der Waals surface area contributed by atoms with Crippen LogP contribution in [0.2, 0.25) is 0 Å².